The molecule has 1 atom stereocenters. The number of carbonyl (C=O) groups is 1. The lowest BCUT2D eigenvalue weighted by atomic mass is 9.78. The molecule has 126 valence electrons. The van der Waals surface area contributed by atoms with Crippen LogP contribution in [0.3, 0.4) is 0 Å². The third kappa shape index (κ3) is 2.63. The molecule has 0 radical (unpaired) electrons. The highest BCUT2D eigenvalue weighted by Crippen LogP contribution is 2.42. The third-order valence-electron chi connectivity index (χ3n) is 5.52. The number of para-hydroxylation sites is 1. The van der Waals surface area contributed by atoms with Crippen molar-refractivity contribution in [2.75, 3.05) is 24.5 Å². The number of aromatic nitrogens is 2. The molecule has 1 aromatic carbocycles. The van der Waals surface area contributed by atoms with Gasteiger partial charge in [0.2, 0.25) is 5.91 Å². The Balaban J connectivity index is 1.51. The van der Waals surface area contributed by atoms with Crippen LogP contribution in [0, 0.1) is 5.41 Å². The summed E-state index contributed by atoms with van der Waals surface area (Å²) < 4.78 is 2.06. The van der Waals surface area contributed by atoms with Crippen LogP contribution in [-0.4, -0.2) is 40.0 Å². The first-order chi connectivity index (χ1) is 11.7. The fourth-order valence-corrected chi connectivity index (χ4v) is 4.16. The van der Waals surface area contributed by atoms with Gasteiger partial charge < -0.3 is 9.47 Å². The van der Waals surface area contributed by atoms with E-state index in [9.17, 15) is 4.79 Å². The Hall–Kier alpha value is -2.14. The fourth-order valence-electron chi connectivity index (χ4n) is 4.16. The summed E-state index contributed by atoms with van der Waals surface area (Å²) in [6.07, 6.45) is 6.86. The number of carbonyl (C=O) groups excluding carboxylic acids is 1. The smallest absolute Gasteiger partial charge is 0.234 e. The van der Waals surface area contributed by atoms with Crippen molar-refractivity contribution >= 4 is 11.6 Å². The van der Waals surface area contributed by atoms with Gasteiger partial charge in [-0.3, -0.25) is 9.69 Å². The Kier molecular flexibility index (Phi) is 3.88. The van der Waals surface area contributed by atoms with Crippen molar-refractivity contribution in [3.8, 4) is 0 Å². The molecule has 5 nitrogen and oxygen atoms in total. The number of rotatable bonds is 3. The van der Waals surface area contributed by atoms with E-state index in [-0.39, 0.29) is 5.41 Å². The second-order valence-corrected chi connectivity index (χ2v) is 7.09. The first-order valence-corrected chi connectivity index (χ1v) is 8.74. The van der Waals surface area contributed by atoms with Crippen LogP contribution in [0.15, 0.2) is 42.7 Å². The first-order valence-electron chi connectivity index (χ1n) is 8.74. The SMILES string of the molecule is Cn1ccnc1CN1CCC[C@]2(CCN(c3ccccc3)C2=O)C1. The number of hydrogen-bond acceptors (Lipinski definition) is 3. The molecule has 5 heteroatoms. The molecule has 3 heterocycles. The van der Waals surface area contributed by atoms with Crippen LogP contribution in [0.5, 0.6) is 0 Å². The van der Waals surface area contributed by atoms with Gasteiger partial charge in [-0.15, -0.1) is 0 Å². The number of anilines is 1. The summed E-state index contributed by atoms with van der Waals surface area (Å²) in [4.78, 5) is 22.0. The maximum absolute atomic E-state index is 13.2. The maximum atomic E-state index is 13.2. The van der Waals surface area contributed by atoms with Crippen molar-refractivity contribution in [2.24, 2.45) is 12.5 Å². The van der Waals surface area contributed by atoms with E-state index in [0.717, 1.165) is 57.0 Å². The Morgan fingerprint density at radius 1 is 1.17 bits per heavy atom. The van der Waals surface area contributed by atoms with Crippen molar-refractivity contribution in [3.05, 3.63) is 48.5 Å². The summed E-state index contributed by atoms with van der Waals surface area (Å²) in [5, 5.41) is 0. The van der Waals surface area contributed by atoms with E-state index < -0.39 is 0 Å². The highest BCUT2D eigenvalue weighted by atomic mass is 16.2. The minimum Gasteiger partial charge on any atom is -0.337 e. The lowest BCUT2D eigenvalue weighted by Crippen LogP contribution is -2.47. The average molecular weight is 324 g/mol. The number of hydrogen-bond donors (Lipinski definition) is 0. The van der Waals surface area contributed by atoms with Crippen LogP contribution in [-0.2, 0) is 18.4 Å². The summed E-state index contributed by atoms with van der Waals surface area (Å²) in [5.74, 6) is 1.37. The molecule has 2 saturated heterocycles. The lowest BCUT2D eigenvalue weighted by molar-refractivity contribution is -0.128. The maximum Gasteiger partial charge on any atom is 0.234 e. The molecule has 2 aromatic rings. The normalized spacial score (nSPS) is 24.9. The summed E-state index contributed by atoms with van der Waals surface area (Å²) in [7, 11) is 2.03. The number of aryl methyl sites for hydroxylation is 1. The summed E-state index contributed by atoms with van der Waals surface area (Å²) in [5.41, 5.74) is 0.819. The molecule has 0 N–H and O–H groups in total. The molecule has 0 bridgehead atoms. The Bertz CT molecular complexity index is 726. The van der Waals surface area contributed by atoms with Crippen LogP contribution in [0.1, 0.15) is 25.1 Å². The number of amides is 1. The highest BCUT2D eigenvalue weighted by molar-refractivity contribution is 6.00. The molecule has 2 aliphatic rings. The van der Waals surface area contributed by atoms with E-state index in [4.69, 9.17) is 0 Å². The zero-order valence-corrected chi connectivity index (χ0v) is 14.2. The van der Waals surface area contributed by atoms with E-state index in [2.05, 4.69) is 14.5 Å². The predicted molar refractivity (Wildman–Crippen MR) is 93.6 cm³/mol. The van der Waals surface area contributed by atoms with Crippen LogP contribution >= 0.6 is 0 Å². The van der Waals surface area contributed by atoms with E-state index in [1.807, 2.05) is 54.7 Å². The second-order valence-electron chi connectivity index (χ2n) is 7.09. The summed E-state index contributed by atoms with van der Waals surface area (Å²) >= 11 is 0. The summed E-state index contributed by atoms with van der Waals surface area (Å²) in [6.45, 7) is 3.55. The monoisotopic (exact) mass is 324 g/mol. The number of nitrogens with zero attached hydrogens (tertiary/aromatic N) is 4. The van der Waals surface area contributed by atoms with E-state index in [1.54, 1.807) is 0 Å². The van der Waals surface area contributed by atoms with Gasteiger partial charge in [0.05, 0.1) is 12.0 Å². The number of piperidine rings is 1. The molecular formula is C19H24N4O. The number of likely N-dealkylation sites (tertiary alicyclic amines) is 1. The number of benzene rings is 1. The molecule has 1 spiro atoms. The van der Waals surface area contributed by atoms with Crippen molar-refractivity contribution < 1.29 is 4.79 Å². The fraction of sp³-hybridized carbons (Fsp3) is 0.474. The minimum absolute atomic E-state index is 0.209. The van der Waals surface area contributed by atoms with Crippen molar-refractivity contribution in [3.63, 3.8) is 0 Å². The number of imidazole rings is 1. The second kappa shape index (κ2) is 6.06. The van der Waals surface area contributed by atoms with Crippen LogP contribution in [0.2, 0.25) is 0 Å². The lowest BCUT2D eigenvalue weighted by Gasteiger charge is -2.38. The third-order valence-corrected chi connectivity index (χ3v) is 5.52. The molecule has 2 fully saturated rings. The molecule has 0 aliphatic carbocycles. The Labute approximate surface area is 142 Å². The highest BCUT2D eigenvalue weighted by Gasteiger charge is 2.49. The van der Waals surface area contributed by atoms with E-state index in [0.29, 0.717) is 5.91 Å². The van der Waals surface area contributed by atoms with Gasteiger partial charge in [-0.25, -0.2) is 4.98 Å². The van der Waals surface area contributed by atoms with E-state index in [1.165, 1.54) is 0 Å². The van der Waals surface area contributed by atoms with Gasteiger partial charge in [-0.05, 0) is 37.9 Å². The topological polar surface area (TPSA) is 41.4 Å². The van der Waals surface area contributed by atoms with Crippen LogP contribution in [0.25, 0.3) is 0 Å². The van der Waals surface area contributed by atoms with Crippen molar-refractivity contribution in [1.29, 1.82) is 0 Å². The predicted octanol–water partition coefficient (Wildman–Crippen LogP) is 2.44. The molecule has 0 unspecified atom stereocenters. The van der Waals surface area contributed by atoms with Gasteiger partial charge >= 0.3 is 0 Å². The summed E-state index contributed by atoms with van der Waals surface area (Å²) in [6, 6.07) is 10.1. The van der Waals surface area contributed by atoms with Crippen molar-refractivity contribution in [2.45, 2.75) is 25.8 Å². The van der Waals surface area contributed by atoms with Gasteiger partial charge in [0.1, 0.15) is 5.82 Å². The van der Waals surface area contributed by atoms with Crippen molar-refractivity contribution in [1.82, 2.24) is 14.5 Å². The molecule has 1 aromatic heterocycles. The molecule has 2 aliphatic heterocycles. The zero-order chi connectivity index (χ0) is 16.6. The molecular weight excluding hydrogens is 300 g/mol. The minimum atomic E-state index is -0.209. The average Bonchev–Trinajstić information content (AvgIpc) is 3.14. The quantitative estimate of drug-likeness (QED) is 0.871. The zero-order valence-electron chi connectivity index (χ0n) is 14.2. The Morgan fingerprint density at radius 3 is 2.75 bits per heavy atom. The molecule has 0 saturated carbocycles. The van der Waals surface area contributed by atoms with Crippen LogP contribution in [0.4, 0.5) is 5.69 Å². The van der Waals surface area contributed by atoms with Crippen LogP contribution < -0.4 is 4.90 Å². The molecule has 1 amide bonds. The molecule has 24 heavy (non-hydrogen) atoms. The van der Waals surface area contributed by atoms with E-state index >= 15 is 0 Å². The Morgan fingerprint density at radius 2 is 2.00 bits per heavy atom. The van der Waals surface area contributed by atoms with Gasteiger partial charge in [0.25, 0.3) is 0 Å². The van der Waals surface area contributed by atoms with Gasteiger partial charge in [-0.2, -0.15) is 0 Å². The van der Waals surface area contributed by atoms with Gasteiger partial charge in [0, 0.05) is 38.2 Å². The standard InChI is InChI=1S/C19H24N4O/c1-21-13-10-20-17(21)14-22-11-5-8-19(15-22)9-12-23(18(19)24)16-6-3-2-4-7-16/h2-4,6-7,10,13H,5,8-9,11-12,14-15H2,1H3/t19-/m0/s1. The van der Waals surface area contributed by atoms with Gasteiger partial charge in [-0.1, -0.05) is 18.2 Å². The first kappa shape index (κ1) is 15.4. The van der Waals surface area contributed by atoms with Gasteiger partial charge in [0.15, 0.2) is 0 Å². The molecule has 4 rings (SSSR count). The largest absolute Gasteiger partial charge is 0.337 e.